The molecule has 0 atom stereocenters. The first-order valence-corrected chi connectivity index (χ1v) is 10.5. The predicted octanol–water partition coefficient (Wildman–Crippen LogP) is 4.61. The Morgan fingerprint density at radius 2 is 1.70 bits per heavy atom. The molecule has 0 aliphatic rings. The van der Waals surface area contributed by atoms with Crippen molar-refractivity contribution in [1.29, 1.82) is 0 Å². The third-order valence-corrected chi connectivity index (χ3v) is 5.96. The number of sulfonamides is 1. The highest BCUT2D eigenvalue weighted by molar-refractivity contribution is 7.92. The van der Waals surface area contributed by atoms with Crippen LogP contribution in [0, 0.1) is 17.0 Å². The molecule has 30 heavy (non-hydrogen) atoms. The quantitative estimate of drug-likeness (QED) is 0.424. The number of hydrogen-bond donors (Lipinski definition) is 2. The van der Waals surface area contributed by atoms with Crippen molar-refractivity contribution in [3.63, 3.8) is 0 Å². The molecule has 154 valence electrons. The van der Waals surface area contributed by atoms with E-state index in [1.807, 2.05) is 6.92 Å². The molecule has 0 unspecified atom stereocenters. The van der Waals surface area contributed by atoms with Crippen molar-refractivity contribution in [2.45, 2.75) is 11.8 Å². The Labute approximate surface area is 177 Å². The lowest BCUT2D eigenvalue weighted by Crippen LogP contribution is -2.16. The standard InChI is InChI=1S/C20H16ClN3O5S/c1-13-5-8-15(9-6-13)23-30(28,29)19-11-14(7-10-18(19)21)20(25)22-16-3-2-4-17(12-16)24(26)27/h2-12,23H,1H3,(H,22,25). The van der Waals surface area contributed by atoms with Crippen molar-refractivity contribution < 1.29 is 18.1 Å². The second-order valence-corrected chi connectivity index (χ2v) is 8.44. The fraction of sp³-hybridized carbons (Fsp3) is 0.0500. The molecule has 10 heteroatoms. The average molecular weight is 446 g/mol. The first-order chi connectivity index (χ1) is 14.2. The molecule has 3 aromatic carbocycles. The van der Waals surface area contributed by atoms with E-state index in [1.54, 1.807) is 24.3 Å². The molecule has 0 aliphatic carbocycles. The highest BCUT2D eigenvalue weighted by atomic mass is 35.5. The molecule has 0 fully saturated rings. The number of hydrogen-bond acceptors (Lipinski definition) is 5. The summed E-state index contributed by atoms with van der Waals surface area (Å²) >= 11 is 6.07. The van der Waals surface area contributed by atoms with E-state index >= 15 is 0 Å². The van der Waals surface area contributed by atoms with Gasteiger partial charge in [0.25, 0.3) is 21.6 Å². The zero-order valence-electron chi connectivity index (χ0n) is 15.6. The van der Waals surface area contributed by atoms with Gasteiger partial charge in [-0.05, 0) is 43.3 Å². The molecule has 0 aromatic heterocycles. The van der Waals surface area contributed by atoms with E-state index in [0.717, 1.165) is 11.6 Å². The van der Waals surface area contributed by atoms with E-state index in [4.69, 9.17) is 11.6 Å². The fourth-order valence-corrected chi connectivity index (χ4v) is 4.17. The summed E-state index contributed by atoms with van der Waals surface area (Å²) in [5.74, 6) is -0.640. The Kier molecular flexibility index (Phi) is 6.04. The highest BCUT2D eigenvalue weighted by Crippen LogP contribution is 2.26. The van der Waals surface area contributed by atoms with Gasteiger partial charge < -0.3 is 5.32 Å². The molecule has 0 radical (unpaired) electrons. The van der Waals surface area contributed by atoms with E-state index < -0.39 is 20.9 Å². The third-order valence-electron chi connectivity index (χ3n) is 4.10. The number of nitrogens with one attached hydrogen (secondary N) is 2. The van der Waals surface area contributed by atoms with Gasteiger partial charge in [0, 0.05) is 29.1 Å². The van der Waals surface area contributed by atoms with Crippen molar-refractivity contribution in [1.82, 2.24) is 0 Å². The number of nitro benzene ring substituents is 1. The van der Waals surface area contributed by atoms with E-state index in [0.29, 0.717) is 5.69 Å². The van der Waals surface area contributed by atoms with Gasteiger partial charge >= 0.3 is 0 Å². The van der Waals surface area contributed by atoms with E-state index in [1.165, 1.54) is 36.4 Å². The number of non-ortho nitro benzene ring substituents is 1. The number of carbonyl (C=O) groups is 1. The van der Waals surface area contributed by atoms with Crippen molar-refractivity contribution in [2.24, 2.45) is 0 Å². The lowest BCUT2D eigenvalue weighted by molar-refractivity contribution is -0.384. The molecule has 3 aromatic rings. The van der Waals surface area contributed by atoms with Crippen molar-refractivity contribution in [3.05, 3.63) is 93.0 Å². The molecule has 0 saturated carbocycles. The molecular formula is C20H16ClN3O5S. The molecule has 0 heterocycles. The van der Waals surface area contributed by atoms with Gasteiger partial charge in [0.1, 0.15) is 4.90 Å². The van der Waals surface area contributed by atoms with Gasteiger partial charge in [0.15, 0.2) is 0 Å². The minimum absolute atomic E-state index is 0.0233. The Morgan fingerprint density at radius 3 is 2.37 bits per heavy atom. The molecular weight excluding hydrogens is 430 g/mol. The van der Waals surface area contributed by atoms with Crippen LogP contribution in [-0.4, -0.2) is 19.2 Å². The number of nitrogens with zero attached hydrogens (tertiary/aromatic N) is 1. The van der Waals surface area contributed by atoms with Crippen LogP contribution in [0.1, 0.15) is 15.9 Å². The number of carbonyl (C=O) groups excluding carboxylic acids is 1. The summed E-state index contributed by atoms with van der Waals surface area (Å²) in [6.45, 7) is 1.87. The number of aryl methyl sites for hydroxylation is 1. The molecule has 1 amide bonds. The predicted molar refractivity (Wildman–Crippen MR) is 114 cm³/mol. The van der Waals surface area contributed by atoms with Crippen LogP contribution in [0.4, 0.5) is 17.1 Å². The molecule has 0 spiro atoms. The van der Waals surface area contributed by atoms with Crippen LogP contribution in [0.25, 0.3) is 0 Å². The Hall–Kier alpha value is -3.43. The monoisotopic (exact) mass is 445 g/mol. The lowest BCUT2D eigenvalue weighted by Gasteiger charge is -2.12. The summed E-state index contributed by atoms with van der Waals surface area (Å²) in [6.07, 6.45) is 0. The summed E-state index contributed by atoms with van der Waals surface area (Å²) in [5, 5.41) is 13.3. The van der Waals surface area contributed by atoms with E-state index in [2.05, 4.69) is 10.0 Å². The van der Waals surface area contributed by atoms with Crippen LogP contribution in [0.3, 0.4) is 0 Å². The normalized spacial score (nSPS) is 11.0. The summed E-state index contributed by atoms with van der Waals surface area (Å²) in [7, 11) is -4.05. The minimum Gasteiger partial charge on any atom is -0.322 e. The summed E-state index contributed by atoms with van der Waals surface area (Å²) < 4.78 is 27.9. The number of anilines is 2. The maximum Gasteiger partial charge on any atom is 0.271 e. The number of halogens is 1. The van der Waals surface area contributed by atoms with Gasteiger partial charge in [-0.1, -0.05) is 35.4 Å². The molecule has 0 bridgehead atoms. The maximum atomic E-state index is 12.8. The van der Waals surface area contributed by atoms with Crippen LogP contribution in [0.5, 0.6) is 0 Å². The summed E-state index contributed by atoms with van der Waals surface area (Å²) in [6, 6.07) is 15.9. The van der Waals surface area contributed by atoms with E-state index in [-0.39, 0.29) is 26.9 Å². The smallest absolute Gasteiger partial charge is 0.271 e. The maximum absolute atomic E-state index is 12.8. The second-order valence-electron chi connectivity index (χ2n) is 6.38. The van der Waals surface area contributed by atoms with Crippen LogP contribution >= 0.6 is 11.6 Å². The SMILES string of the molecule is Cc1ccc(NS(=O)(=O)c2cc(C(=O)Nc3cccc([N+](=O)[O-])c3)ccc2Cl)cc1. The van der Waals surface area contributed by atoms with Gasteiger partial charge in [-0.2, -0.15) is 0 Å². The fourth-order valence-electron chi connectivity index (χ4n) is 2.58. The van der Waals surface area contributed by atoms with Crippen molar-refractivity contribution >= 4 is 44.6 Å². The zero-order chi connectivity index (χ0) is 21.9. The summed E-state index contributed by atoms with van der Waals surface area (Å²) in [5.41, 5.74) is 1.36. The van der Waals surface area contributed by atoms with Crippen LogP contribution < -0.4 is 10.0 Å². The van der Waals surface area contributed by atoms with Crippen LogP contribution in [0.2, 0.25) is 5.02 Å². The van der Waals surface area contributed by atoms with Crippen LogP contribution in [0.15, 0.2) is 71.6 Å². The molecule has 3 rings (SSSR count). The number of nitro groups is 1. The lowest BCUT2D eigenvalue weighted by atomic mass is 10.2. The van der Waals surface area contributed by atoms with Gasteiger partial charge in [-0.25, -0.2) is 8.42 Å². The first-order valence-electron chi connectivity index (χ1n) is 8.60. The van der Waals surface area contributed by atoms with E-state index in [9.17, 15) is 23.3 Å². The van der Waals surface area contributed by atoms with Gasteiger partial charge in [0.2, 0.25) is 0 Å². The average Bonchev–Trinajstić information content (AvgIpc) is 2.70. The third kappa shape index (κ3) is 4.94. The molecule has 8 nitrogen and oxygen atoms in total. The van der Waals surface area contributed by atoms with Crippen molar-refractivity contribution in [3.8, 4) is 0 Å². The Morgan fingerprint density at radius 1 is 1.00 bits per heavy atom. The van der Waals surface area contributed by atoms with Gasteiger partial charge in [-0.3, -0.25) is 19.6 Å². The molecule has 0 saturated heterocycles. The Balaban J connectivity index is 1.87. The summed E-state index contributed by atoms with van der Waals surface area (Å²) in [4.78, 5) is 22.6. The van der Waals surface area contributed by atoms with Gasteiger partial charge in [0.05, 0.1) is 9.95 Å². The van der Waals surface area contributed by atoms with Crippen LogP contribution in [-0.2, 0) is 10.0 Å². The molecule has 2 N–H and O–H groups in total. The number of rotatable bonds is 6. The topological polar surface area (TPSA) is 118 Å². The Bertz CT molecular complexity index is 1230. The highest BCUT2D eigenvalue weighted by Gasteiger charge is 2.21. The molecule has 0 aliphatic heterocycles. The number of benzene rings is 3. The van der Waals surface area contributed by atoms with Gasteiger partial charge in [-0.15, -0.1) is 0 Å². The first kappa shape index (κ1) is 21.3. The second kappa shape index (κ2) is 8.52. The largest absolute Gasteiger partial charge is 0.322 e. The van der Waals surface area contributed by atoms with Crippen molar-refractivity contribution in [2.75, 3.05) is 10.0 Å². The zero-order valence-corrected chi connectivity index (χ0v) is 17.2. The number of amides is 1. The minimum atomic E-state index is -4.05.